The van der Waals surface area contributed by atoms with E-state index >= 15 is 0 Å². The average molecular weight is 405 g/mol. The molecular formula is C25H27NO4. The summed E-state index contributed by atoms with van der Waals surface area (Å²) in [6, 6.07) is 19.4. The third-order valence-corrected chi connectivity index (χ3v) is 5.39. The molecule has 0 unspecified atom stereocenters. The second-order valence-corrected chi connectivity index (χ2v) is 8.30. The Hall–Kier alpha value is -3.21. The van der Waals surface area contributed by atoms with Gasteiger partial charge in [-0.1, -0.05) is 30.3 Å². The van der Waals surface area contributed by atoms with Crippen LogP contribution in [0.4, 0.5) is 0 Å². The molecule has 2 atom stereocenters. The summed E-state index contributed by atoms with van der Waals surface area (Å²) in [7, 11) is 1.63. The van der Waals surface area contributed by atoms with Crippen molar-refractivity contribution < 1.29 is 19.0 Å². The van der Waals surface area contributed by atoms with Gasteiger partial charge in [-0.2, -0.15) is 0 Å². The SMILES string of the molecule is COc1ccc2c(c1)[C@H](NC(=O)[C@H](C)Oc1ccc3ccccc3c1)CC(C)(C)O2. The van der Waals surface area contributed by atoms with Crippen LogP contribution in [0.3, 0.4) is 0 Å². The number of methoxy groups -OCH3 is 1. The van der Waals surface area contributed by atoms with E-state index in [1.54, 1.807) is 14.0 Å². The van der Waals surface area contributed by atoms with Crippen molar-refractivity contribution in [2.45, 2.75) is 44.9 Å². The minimum Gasteiger partial charge on any atom is -0.497 e. The van der Waals surface area contributed by atoms with Gasteiger partial charge in [0, 0.05) is 12.0 Å². The number of amides is 1. The van der Waals surface area contributed by atoms with Crippen molar-refractivity contribution in [1.29, 1.82) is 0 Å². The van der Waals surface area contributed by atoms with Crippen LogP contribution >= 0.6 is 0 Å². The summed E-state index contributed by atoms with van der Waals surface area (Å²) in [6.45, 7) is 5.81. The molecule has 1 aliphatic rings. The molecule has 1 aliphatic heterocycles. The molecular weight excluding hydrogens is 378 g/mol. The molecule has 0 bridgehead atoms. The van der Waals surface area contributed by atoms with Crippen molar-refractivity contribution in [3.63, 3.8) is 0 Å². The number of benzene rings is 3. The van der Waals surface area contributed by atoms with Crippen LogP contribution in [-0.2, 0) is 4.79 Å². The van der Waals surface area contributed by atoms with Crippen molar-refractivity contribution in [2.75, 3.05) is 7.11 Å². The molecule has 0 aromatic heterocycles. The molecule has 0 aliphatic carbocycles. The molecule has 4 rings (SSSR count). The molecule has 0 saturated carbocycles. The zero-order chi connectivity index (χ0) is 21.3. The molecule has 1 amide bonds. The highest BCUT2D eigenvalue weighted by Crippen LogP contribution is 2.41. The fraction of sp³-hybridized carbons (Fsp3) is 0.320. The van der Waals surface area contributed by atoms with Crippen LogP contribution in [0.15, 0.2) is 60.7 Å². The second kappa shape index (κ2) is 7.90. The number of hydrogen-bond acceptors (Lipinski definition) is 4. The summed E-state index contributed by atoms with van der Waals surface area (Å²) in [4.78, 5) is 12.9. The molecule has 0 spiro atoms. The Morgan fingerprint density at radius 3 is 2.57 bits per heavy atom. The van der Waals surface area contributed by atoms with Crippen LogP contribution in [0.25, 0.3) is 10.8 Å². The lowest BCUT2D eigenvalue weighted by Crippen LogP contribution is -2.44. The molecule has 3 aromatic carbocycles. The van der Waals surface area contributed by atoms with Crippen LogP contribution in [0, 0.1) is 0 Å². The molecule has 0 radical (unpaired) electrons. The predicted octanol–water partition coefficient (Wildman–Crippen LogP) is 5.03. The number of hydrogen-bond donors (Lipinski definition) is 1. The number of carbonyl (C=O) groups excluding carboxylic acids is 1. The van der Waals surface area contributed by atoms with E-state index in [4.69, 9.17) is 14.2 Å². The van der Waals surface area contributed by atoms with Gasteiger partial charge in [-0.05, 0) is 61.9 Å². The zero-order valence-corrected chi connectivity index (χ0v) is 17.8. The van der Waals surface area contributed by atoms with E-state index in [1.165, 1.54) is 0 Å². The first kappa shape index (κ1) is 20.1. The fourth-order valence-corrected chi connectivity index (χ4v) is 3.88. The van der Waals surface area contributed by atoms with Crippen LogP contribution in [0.5, 0.6) is 17.2 Å². The molecule has 3 aromatic rings. The van der Waals surface area contributed by atoms with E-state index in [0.717, 1.165) is 27.8 Å². The van der Waals surface area contributed by atoms with Crippen molar-refractivity contribution in [3.05, 3.63) is 66.2 Å². The second-order valence-electron chi connectivity index (χ2n) is 8.30. The van der Waals surface area contributed by atoms with Gasteiger partial charge in [-0.3, -0.25) is 4.79 Å². The standard InChI is InChI=1S/C25H27NO4/c1-16(29-20-10-9-17-7-5-6-8-18(17)13-20)24(27)26-22-15-25(2,3)30-23-12-11-19(28-4)14-21(22)23/h5-14,16,22H,15H2,1-4H3,(H,26,27)/t16-,22+/m0/s1. The van der Waals surface area contributed by atoms with Crippen LogP contribution in [-0.4, -0.2) is 24.7 Å². The third kappa shape index (κ3) is 4.20. The fourth-order valence-electron chi connectivity index (χ4n) is 3.88. The largest absolute Gasteiger partial charge is 0.497 e. The smallest absolute Gasteiger partial charge is 0.261 e. The van der Waals surface area contributed by atoms with E-state index < -0.39 is 6.10 Å². The Morgan fingerprint density at radius 1 is 1.07 bits per heavy atom. The van der Waals surface area contributed by atoms with Gasteiger partial charge in [0.2, 0.25) is 0 Å². The van der Waals surface area contributed by atoms with Gasteiger partial charge < -0.3 is 19.5 Å². The van der Waals surface area contributed by atoms with Crippen molar-refractivity contribution >= 4 is 16.7 Å². The lowest BCUT2D eigenvalue weighted by molar-refractivity contribution is -0.128. The summed E-state index contributed by atoms with van der Waals surface area (Å²) in [5, 5.41) is 5.35. The molecule has 156 valence electrons. The van der Waals surface area contributed by atoms with E-state index in [-0.39, 0.29) is 17.6 Å². The Balaban J connectivity index is 1.51. The van der Waals surface area contributed by atoms with Gasteiger partial charge in [0.25, 0.3) is 5.91 Å². The highest BCUT2D eigenvalue weighted by atomic mass is 16.5. The Kier molecular flexibility index (Phi) is 5.29. The first-order valence-corrected chi connectivity index (χ1v) is 10.2. The van der Waals surface area contributed by atoms with Crippen LogP contribution in [0.2, 0.25) is 0 Å². The van der Waals surface area contributed by atoms with E-state index in [0.29, 0.717) is 12.2 Å². The van der Waals surface area contributed by atoms with Crippen molar-refractivity contribution in [1.82, 2.24) is 5.32 Å². The highest BCUT2D eigenvalue weighted by molar-refractivity contribution is 5.84. The summed E-state index contributed by atoms with van der Waals surface area (Å²) in [5.41, 5.74) is 0.530. The van der Waals surface area contributed by atoms with Crippen molar-refractivity contribution in [2.24, 2.45) is 0 Å². The minimum absolute atomic E-state index is 0.167. The maximum Gasteiger partial charge on any atom is 0.261 e. The first-order valence-electron chi connectivity index (χ1n) is 10.2. The number of ether oxygens (including phenoxy) is 3. The van der Waals surface area contributed by atoms with Gasteiger partial charge in [0.1, 0.15) is 22.8 Å². The number of rotatable bonds is 5. The molecule has 0 saturated heterocycles. The lowest BCUT2D eigenvalue weighted by Gasteiger charge is -2.38. The molecule has 5 heteroatoms. The predicted molar refractivity (Wildman–Crippen MR) is 117 cm³/mol. The molecule has 1 N–H and O–H groups in total. The Morgan fingerprint density at radius 2 is 1.80 bits per heavy atom. The van der Waals surface area contributed by atoms with E-state index in [1.807, 2.05) is 74.5 Å². The Labute approximate surface area is 177 Å². The van der Waals surface area contributed by atoms with E-state index in [2.05, 4.69) is 5.32 Å². The summed E-state index contributed by atoms with van der Waals surface area (Å²) in [6.07, 6.45) is 0.0212. The number of carbonyl (C=O) groups is 1. The molecule has 1 heterocycles. The number of nitrogens with one attached hydrogen (secondary N) is 1. The monoisotopic (exact) mass is 405 g/mol. The lowest BCUT2D eigenvalue weighted by atomic mass is 9.89. The highest BCUT2D eigenvalue weighted by Gasteiger charge is 2.35. The summed E-state index contributed by atoms with van der Waals surface area (Å²) >= 11 is 0. The normalized spacial score (nSPS) is 18.1. The van der Waals surface area contributed by atoms with Crippen LogP contribution < -0.4 is 19.5 Å². The first-order chi connectivity index (χ1) is 14.3. The van der Waals surface area contributed by atoms with Gasteiger partial charge in [0.15, 0.2) is 6.10 Å². The van der Waals surface area contributed by atoms with Gasteiger partial charge >= 0.3 is 0 Å². The Bertz CT molecular complexity index is 1080. The van der Waals surface area contributed by atoms with E-state index in [9.17, 15) is 4.79 Å². The van der Waals surface area contributed by atoms with Gasteiger partial charge in [-0.15, -0.1) is 0 Å². The zero-order valence-electron chi connectivity index (χ0n) is 17.8. The maximum atomic E-state index is 12.9. The average Bonchev–Trinajstić information content (AvgIpc) is 2.72. The minimum atomic E-state index is -0.633. The molecule has 30 heavy (non-hydrogen) atoms. The topological polar surface area (TPSA) is 56.8 Å². The maximum absolute atomic E-state index is 12.9. The van der Waals surface area contributed by atoms with Gasteiger partial charge in [0.05, 0.1) is 13.2 Å². The quantitative estimate of drug-likeness (QED) is 0.647. The third-order valence-electron chi connectivity index (χ3n) is 5.39. The molecule has 5 nitrogen and oxygen atoms in total. The van der Waals surface area contributed by atoms with Crippen molar-refractivity contribution in [3.8, 4) is 17.2 Å². The summed E-state index contributed by atoms with van der Waals surface area (Å²) in [5.74, 6) is 2.00. The summed E-state index contributed by atoms with van der Waals surface area (Å²) < 4.78 is 17.4. The number of fused-ring (bicyclic) bond motifs is 2. The van der Waals surface area contributed by atoms with Crippen LogP contribution in [0.1, 0.15) is 38.8 Å². The molecule has 0 fully saturated rings. The van der Waals surface area contributed by atoms with Gasteiger partial charge in [-0.25, -0.2) is 0 Å².